The van der Waals surface area contributed by atoms with E-state index in [0.717, 1.165) is 44.7 Å². The molecule has 6 nitrogen and oxygen atoms in total. The summed E-state index contributed by atoms with van der Waals surface area (Å²) in [6.07, 6.45) is 3.02. The topological polar surface area (TPSA) is 89.4 Å². The third kappa shape index (κ3) is 7.88. The molecule has 0 aliphatic carbocycles. The number of amides is 1. The molecule has 40 heavy (non-hydrogen) atoms. The average molecular weight is 556 g/mol. The molecule has 206 valence electrons. The van der Waals surface area contributed by atoms with Crippen LogP contribution in [0.3, 0.4) is 0 Å². The fourth-order valence-electron chi connectivity index (χ4n) is 4.51. The molecular formula is C33H34ClN3O3. The van der Waals surface area contributed by atoms with Crippen LogP contribution in [0, 0.1) is 0 Å². The molecule has 1 aromatic heterocycles. The van der Waals surface area contributed by atoms with Gasteiger partial charge in [0.05, 0.1) is 6.04 Å². The minimum absolute atomic E-state index is 0. The summed E-state index contributed by atoms with van der Waals surface area (Å²) in [4.78, 5) is 16.0. The van der Waals surface area contributed by atoms with E-state index in [1.165, 1.54) is 0 Å². The zero-order valence-corrected chi connectivity index (χ0v) is 23.0. The van der Waals surface area contributed by atoms with Gasteiger partial charge in [0.15, 0.2) is 0 Å². The summed E-state index contributed by atoms with van der Waals surface area (Å²) in [5, 5.41) is 4.08. The minimum Gasteiger partial charge on any atom is -0.489 e. The molecule has 0 aliphatic rings. The first-order valence-corrected chi connectivity index (χ1v) is 13.2. The van der Waals surface area contributed by atoms with Crippen LogP contribution in [0.2, 0.25) is 0 Å². The summed E-state index contributed by atoms with van der Waals surface area (Å²) in [5.74, 6) is 1.28. The molecule has 1 atom stereocenters. The van der Waals surface area contributed by atoms with E-state index < -0.39 is 6.04 Å². The number of benzene rings is 4. The van der Waals surface area contributed by atoms with Crippen LogP contribution >= 0.6 is 12.4 Å². The summed E-state index contributed by atoms with van der Waals surface area (Å²) in [6, 6.07) is 33.4. The fraction of sp³-hybridized carbons (Fsp3) is 0.182. The average Bonchev–Trinajstić information content (AvgIpc) is 3.38. The zero-order chi connectivity index (χ0) is 26.9. The highest BCUT2D eigenvalue weighted by atomic mass is 35.5. The summed E-state index contributed by atoms with van der Waals surface area (Å²) in [6.45, 7) is 1.38. The molecular weight excluding hydrogens is 522 g/mol. The van der Waals surface area contributed by atoms with Crippen molar-refractivity contribution in [2.24, 2.45) is 5.73 Å². The SMILES string of the molecule is Cl.N[C@@H](Cc1c[nH]c2ccccc12)C(=O)NCCc1cc(OCc2ccccc2)cc(OCc2ccccc2)c1. The van der Waals surface area contributed by atoms with E-state index in [-0.39, 0.29) is 18.3 Å². The molecule has 4 N–H and O–H groups in total. The van der Waals surface area contributed by atoms with Crippen molar-refractivity contribution in [3.63, 3.8) is 0 Å². The number of fused-ring (bicyclic) bond motifs is 1. The molecule has 0 saturated heterocycles. The Kier molecular flexibility index (Phi) is 10.2. The van der Waals surface area contributed by atoms with Crippen molar-refractivity contribution < 1.29 is 14.3 Å². The number of ether oxygens (including phenoxy) is 2. The molecule has 0 saturated carbocycles. The van der Waals surface area contributed by atoms with Crippen LogP contribution in [0.4, 0.5) is 0 Å². The number of nitrogens with two attached hydrogens (primary N) is 1. The van der Waals surface area contributed by atoms with Gasteiger partial charge >= 0.3 is 0 Å². The highest BCUT2D eigenvalue weighted by molar-refractivity contribution is 5.86. The number of aromatic nitrogens is 1. The number of H-pyrrole nitrogens is 1. The van der Waals surface area contributed by atoms with Gasteiger partial charge in [-0.2, -0.15) is 0 Å². The second kappa shape index (κ2) is 14.2. The van der Waals surface area contributed by atoms with E-state index in [9.17, 15) is 4.79 Å². The smallest absolute Gasteiger partial charge is 0.237 e. The standard InChI is InChI=1S/C33H33N3O3.ClH/c34-31(19-27-21-36-32-14-8-7-13-30(27)32)33(37)35-16-15-26-17-28(38-22-24-9-3-1-4-10-24)20-29(18-26)39-23-25-11-5-2-6-12-25;/h1-14,17-18,20-21,31,36H,15-16,19,22-23,34H2,(H,35,37);1H/t31-;/m0./s1. The normalized spacial score (nSPS) is 11.4. The maximum Gasteiger partial charge on any atom is 0.237 e. The van der Waals surface area contributed by atoms with E-state index in [4.69, 9.17) is 15.2 Å². The number of para-hydroxylation sites is 1. The van der Waals surface area contributed by atoms with Crippen LogP contribution in [-0.2, 0) is 30.8 Å². The van der Waals surface area contributed by atoms with Crippen molar-refractivity contribution in [2.75, 3.05) is 6.54 Å². The first-order chi connectivity index (χ1) is 19.1. The summed E-state index contributed by atoms with van der Waals surface area (Å²) < 4.78 is 12.2. The molecule has 0 radical (unpaired) electrons. The van der Waals surface area contributed by atoms with Crippen LogP contribution in [0.1, 0.15) is 22.3 Å². The maximum absolute atomic E-state index is 12.8. The zero-order valence-electron chi connectivity index (χ0n) is 22.2. The summed E-state index contributed by atoms with van der Waals surface area (Å²) >= 11 is 0. The van der Waals surface area contributed by atoms with Gasteiger partial charge in [-0.05, 0) is 53.3 Å². The van der Waals surface area contributed by atoms with Gasteiger partial charge in [-0.3, -0.25) is 4.79 Å². The second-order valence-corrected chi connectivity index (χ2v) is 9.57. The maximum atomic E-state index is 12.8. The Morgan fingerprint density at radius 3 is 1.98 bits per heavy atom. The predicted molar refractivity (Wildman–Crippen MR) is 162 cm³/mol. The number of aromatic amines is 1. The van der Waals surface area contributed by atoms with Gasteiger partial charge in [0, 0.05) is 29.7 Å². The molecule has 1 amide bonds. The van der Waals surface area contributed by atoms with Gasteiger partial charge in [-0.1, -0.05) is 78.9 Å². The largest absolute Gasteiger partial charge is 0.489 e. The molecule has 0 spiro atoms. The summed E-state index contributed by atoms with van der Waals surface area (Å²) in [7, 11) is 0. The van der Waals surface area contributed by atoms with Crippen LogP contribution in [0.15, 0.2) is 109 Å². The number of rotatable bonds is 12. The molecule has 0 aliphatic heterocycles. The number of halogens is 1. The molecule has 5 rings (SSSR count). The van der Waals surface area contributed by atoms with Crippen LogP contribution < -0.4 is 20.5 Å². The Morgan fingerprint density at radius 1 is 0.775 bits per heavy atom. The monoisotopic (exact) mass is 555 g/mol. The summed E-state index contributed by atoms with van der Waals surface area (Å²) in [5.41, 5.74) is 11.5. The van der Waals surface area contributed by atoms with Crippen LogP contribution in [-0.4, -0.2) is 23.5 Å². The fourth-order valence-corrected chi connectivity index (χ4v) is 4.51. The van der Waals surface area contributed by atoms with Gasteiger partial charge in [0.1, 0.15) is 24.7 Å². The van der Waals surface area contributed by atoms with Gasteiger partial charge < -0.3 is 25.5 Å². The first-order valence-electron chi connectivity index (χ1n) is 13.2. The highest BCUT2D eigenvalue weighted by Gasteiger charge is 2.16. The van der Waals surface area contributed by atoms with E-state index in [0.29, 0.717) is 32.6 Å². The predicted octanol–water partition coefficient (Wildman–Crippen LogP) is 5.98. The molecule has 4 aromatic carbocycles. The molecule has 5 aromatic rings. The first kappa shape index (κ1) is 28.7. The molecule has 1 heterocycles. The third-order valence-corrected chi connectivity index (χ3v) is 6.60. The van der Waals surface area contributed by atoms with Gasteiger partial charge in [0.25, 0.3) is 0 Å². The van der Waals surface area contributed by atoms with Crippen LogP contribution in [0.5, 0.6) is 11.5 Å². The van der Waals surface area contributed by atoms with Crippen LogP contribution in [0.25, 0.3) is 10.9 Å². The highest BCUT2D eigenvalue weighted by Crippen LogP contribution is 2.25. The van der Waals surface area contributed by atoms with Gasteiger partial charge in [-0.15, -0.1) is 12.4 Å². The Labute approximate surface area is 240 Å². The lowest BCUT2D eigenvalue weighted by molar-refractivity contribution is -0.122. The molecule has 0 fully saturated rings. The van der Waals surface area contributed by atoms with Crippen molar-refractivity contribution >= 4 is 29.2 Å². The Morgan fingerprint density at radius 2 is 1.35 bits per heavy atom. The van der Waals surface area contributed by atoms with Crippen molar-refractivity contribution in [3.8, 4) is 11.5 Å². The van der Waals surface area contributed by atoms with Gasteiger partial charge in [-0.25, -0.2) is 0 Å². The lowest BCUT2D eigenvalue weighted by atomic mass is 10.0. The number of hydrogen-bond donors (Lipinski definition) is 3. The molecule has 7 heteroatoms. The van der Waals surface area contributed by atoms with E-state index in [2.05, 4.69) is 10.3 Å². The lowest BCUT2D eigenvalue weighted by Gasteiger charge is -2.14. The van der Waals surface area contributed by atoms with Crippen molar-refractivity contribution in [1.29, 1.82) is 0 Å². The van der Waals surface area contributed by atoms with Crippen molar-refractivity contribution in [3.05, 3.63) is 132 Å². The lowest BCUT2D eigenvalue weighted by Crippen LogP contribution is -2.42. The van der Waals surface area contributed by atoms with Gasteiger partial charge in [0.2, 0.25) is 5.91 Å². The van der Waals surface area contributed by atoms with E-state index in [1.54, 1.807) is 0 Å². The second-order valence-electron chi connectivity index (χ2n) is 9.57. The number of carbonyl (C=O) groups excluding carboxylic acids is 1. The molecule has 0 bridgehead atoms. The minimum atomic E-state index is -0.630. The molecule has 0 unspecified atom stereocenters. The van der Waals surface area contributed by atoms with E-state index >= 15 is 0 Å². The number of hydrogen-bond acceptors (Lipinski definition) is 4. The number of carbonyl (C=O) groups is 1. The van der Waals surface area contributed by atoms with E-state index in [1.807, 2.05) is 109 Å². The Balaban J connectivity index is 0.00000370. The Bertz CT molecular complexity index is 1440. The van der Waals surface area contributed by atoms with Crippen molar-refractivity contribution in [1.82, 2.24) is 10.3 Å². The third-order valence-electron chi connectivity index (χ3n) is 6.60. The number of nitrogens with one attached hydrogen (secondary N) is 2. The Hall–Kier alpha value is -4.26. The van der Waals surface area contributed by atoms with Crippen molar-refractivity contribution in [2.45, 2.75) is 32.1 Å². The quantitative estimate of drug-likeness (QED) is 0.177.